The van der Waals surface area contributed by atoms with Gasteiger partial charge in [0.2, 0.25) is 0 Å². The van der Waals surface area contributed by atoms with Gasteiger partial charge in [-0.3, -0.25) is 4.90 Å². The second-order valence-electron chi connectivity index (χ2n) is 10.8. The Morgan fingerprint density at radius 3 is 2.15 bits per heavy atom. The monoisotopic (exact) mass is 494 g/mol. The van der Waals surface area contributed by atoms with Gasteiger partial charge in [0.25, 0.3) is 5.92 Å². The highest BCUT2D eigenvalue weighted by atomic mass is 19.3. The van der Waals surface area contributed by atoms with Crippen LogP contribution < -0.4 is 0 Å². The van der Waals surface area contributed by atoms with E-state index in [9.17, 15) is 13.2 Å². The van der Waals surface area contributed by atoms with Crippen LogP contribution in [0.5, 0.6) is 0 Å². The molecule has 0 amide bonds. The molecule has 34 heavy (non-hydrogen) atoms. The van der Waals surface area contributed by atoms with E-state index in [0.29, 0.717) is 43.6 Å². The molecule has 2 aliphatic heterocycles. The Kier molecular flexibility index (Phi) is 11.6. The first-order valence-corrected chi connectivity index (χ1v) is 13.4. The van der Waals surface area contributed by atoms with Gasteiger partial charge in [-0.05, 0) is 39.0 Å². The fraction of sp³-hybridized carbons (Fsp3) is 1.00. The summed E-state index contributed by atoms with van der Waals surface area (Å²) >= 11 is 0. The quantitative estimate of drug-likeness (QED) is 0.501. The molecule has 4 fully saturated rings. The molecule has 2 heterocycles. The van der Waals surface area contributed by atoms with Gasteiger partial charge < -0.3 is 19.5 Å². The van der Waals surface area contributed by atoms with Gasteiger partial charge >= 0.3 is 0 Å². The highest BCUT2D eigenvalue weighted by molar-refractivity contribution is 5.11. The van der Waals surface area contributed by atoms with Gasteiger partial charge in [0.1, 0.15) is 6.17 Å². The third-order valence-corrected chi connectivity index (χ3v) is 7.54. The molecular formula is C26H49F3N2O3. The molecule has 0 aromatic carbocycles. The fourth-order valence-corrected chi connectivity index (χ4v) is 5.32. The Labute approximate surface area is 205 Å². The number of ether oxygens (including phenoxy) is 2. The third kappa shape index (κ3) is 8.32. The first kappa shape index (κ1) is 29.8. The third-order valence-electron chi connectivity index (χ3n) is 7.54. The number of rotatable bonds is 9. The number of hydrogen-bond donors (Lipinski definition) is 1. The molecule has 4 aliphatic rings. The lowest BCUT2D eigenvalue weighted by atomic mass is 10.0. The van der Waals surface area contributed by atoms with Crippen molar-refractivity contribution < 1.29 is 27.8 Å². The van der Waals surface area contributed by atoms with Crippen molar-refractivity contribution in [2.45, 2.75) is 96.9 Å². The standard InChI is InChI=1S/C14H27NO2.C10H16F3NO.C2H6/c1-4-5-13-9-15(8-12(2)17-13)10-14(6-7-14)11-16-3;11-8-1-3-14(4-2-8)6-9(7-15)5-10(9,12)13;1-2/h12-13H,4-11H2,1-3H3;8,15H,1-7H2;1-2H3/t12-,13+;;/m1../s1. The Morgan fingerprint density at radius 1 is 1.06 bits per heavy atom. The van der Waals surface area contributed by atoms with Crippen LogP contribution in [-0.2, 0) is 9.47 Å². The number of piperidine rings is 1. The van der Waals surface area contributed by atoms with Crippen LogP contribution in [0.4, 0.5) is 13.2 Å². The van der Waals surface area contributed by atoms with E-state index in [0.717, 1.165) is 19.7 Å². The lowest BCUT2D eigenvalue weighted by Gasteiger charge is -2.38. The summed E-state index contributed by atoms with van der Waals surface area (Å²) in [4.78, 5) is 4.44. The van der Waals surface area contributed by atoms with Gasteiger partial charge in [-0.1, -0.05) is 27.2 Å². The van der Waals surface area contributed by atoms with Gasteiger partial charge in [0, 0.05) is 58.2 Å². The Morgan fingerprint density at radius 2 is 1.68 bits per heavy atom. The van der Waals surface area contributed by atoms with Crippen molar-refractivity contribution in [3.05, 3.63) is 0 Å². The van der Waals surface area contributed by atoms with Gasteiger partial charge in [-0.25, -0.2) is 13.2 Å². The number of aliphatic hydroxyl groups excluding tert-OH is 1. The molecule has 0 aromatic rings. The number of alkyl halides is 3. The molecular weight excluding hydrogens is 445 g/mol. The summed E-state index contributed by atoms with van der Waals surface area (Å²) < 4.78 is 50.2. The Bertz CT molecular complexity index is 586. The van der Waals surface area contributed by atoms with Crippen LogP contribution in [0.2, 0.25) is 0 Å². The predicted octanol–water partition coefficient (Wildman–Crippen LogP) is 4.77. The van der Waals surface area contributed by atoms with Crippen molar-refractivity contribution in [1.82, 2.24) is 9.80 Å². The molecule has 8 heteroatoms. The second-order valence-corrected chi connectivity index (χ2v) is 10.8. The molecule has 2 saturated heterocycles. The maximum Gasteiger partial charge on any atom is 0.258 e. The number of hydrogen-bond acceptors (Lipinski definition) is 5. The number of methoxy groups -OCH3 is 1. The largest absolute Gasteiger partial charge is 0.396 e. The van der Waals surface area contributed by atoms with Gasteiger partial charge in [-0.2, -0.15) is 0 Å². The van der Waals surface area contributed by atoms with Crippen LogP contribution >= 0.6 is 0 Å². The molecule has 2 saturated carbocycles. The van der Waals surface area contributed by atoms with Crippen LogP contribution in [0.25, 0.3) is 0 Å². The van der Waals surface area contributed by atoms with Crippen molar-refractivity contribution >= 4 is 0 Å². The van der Waals surface area contributed by atoms with Crippen molar-refractivity contribution in [3.63, 3.8) is 0 Å². The predicted molar refractivity (Wildman–Crippen MR) is 130 cm³/mol. The number of morpholine rings is 1. The number of aliphatic hydroxyl groups is 1. The van der Waals surface area contributed by atoms with Crippen LogP contribution in [0.3, 0.4) is 0 Å². The van der Waals surface area contributed by atoms with E-state index in [1.54, 1.807) is 0 Å². The van der Waals surface area contributed by atoms with E-state index >= 15 is 0 Å². The minimum Gasteiger partial charge on any atom is -0.396 e. The summed E-state index contributed by atoms with van der Waals surface area (Å²) in [6.45, 7) is 13.5. The zero-order valence-electron chi connectivity index (χ0n) is 22.1. The number of halogens is 3. The van der Waals surface area contributed by atoms with Gasteiger partial charge in [0.05, 0.1) is 30.8 Å². The van der Waals surface area contributed by atoms with Gasteiger partial charge in [0.15, 0.2) is 0 Å². The summed E-state index contributed by atoms with van der Waals surface area (Å²) in [7, 11) is 1.82. The molecule has 1 N–H and O–H groups in total. The lowest BCUT2D eigenvalue weighted by Crippen LogP contribution is -2.48. The molecule has 0 aromatic heterocycles. The van der Waals surface area contributed by atoms with E-state index in [-0.39, 0.29) is 13.0 Å². The Hall–Kier alpha value is -0.410. The normalized spacial score (nSPS) is 32.7. The van der Waals surface area contributed by atoms with Crippen LogP contribution in [0.15, 0.2) is 0 Å². The van der Waals surface area contributed by atoms with E-state index in [2.05, 4.69) is 18.7 Å². The van der Waals surface area contributed by atoms with Crippen molar-refractivity contribution in [2.75, 3.05) is 59.6 Å². The van der Waals surface area contributed by atoms with E-state index in [1.807, 2.05) is 25.9 Å². The first-order valence-electron chi connectivity index (χ1n) is 13.4. The topological polar surface area (TPSA) is 45.2 Å². The summed E-state index contributed by atoms with van der Waals surface area (Å²) in [6.07, 6.45) is 5.75. The van der Waals surface area contributed by atoms with E-state index in [4.69, 9.17) is 14.6 Å². The zero-order chi connectivity index (χ0) is 25.4. The Balaban J connectivity index is 0.000000225. The molecule has 2 aliphatic carbocycles. The SMILES string of the molecule is CC.CCC[C@H]1CN(CC2(COC)CC2)C[C@@H](C)O1.OCC1(CN2CCC(F)CC2)CC1(F)F. The number of likely N-dealkylation sites (tertiary alicyclic amines) is 1. The maximum absolute atomic E-state index is 13.0. The minimum atomic E-state index is -2.73. The average Bonchev–Trinajstić information content (AvgIpc) is 3.67. The molecule has 4 rings (SSSR count). The molecule has 3 atom stereocenters. The molecule has 1 unspecified atom stereocenters. The highest BCUT2D eigenvalue weighted by Crippen LogP contribution is 2.60. The molecule has 202 valence electrons. The smallest absolute Gasteiger partial charge is 0.258 e. The zero-order valence-corrected chi connectivity index (χ0v) is 22.1. The molecule has 0 bridgehead atoms. The van der Waals surface area contributed by atoms with Crippen LogP contribution in [0.1, 0.15) is 72.6 Å². The summed E-state index contributed by atoms with van der Waals surface area (Å²) in [5.74, 6) is -2.73. The average molecular weight is 495 g/mol. The summed E-state index contributed by atoms with van der Waals surface area (Å²) in [5, 5.41) is 8.99. The van der Waals surface area contributed by atoms with Crippen molar-refractivity contribution in [2.24, 2.45) is 10.8 Å². The first-order chi connectivity index (χ1) is 16.2. The van der Waals surface area contributed by atoms with Crippen LogP contribution in [-0.4, -0.2) is 98.8 Å². The number of nitrogens with zero attached hydrogens (tertiary/aromatic N) is 2. The summed E-state index contributed by atoms with van der Waals surface area (Å²) in [5.41, 5.74) is -0.765. The van der Waals surface area contributed by atoms with E-state index in [1.165, 1.54) is 32.2 Å². The van der Waals surface area contributed by atoms with Gasteiger partial charge in [-0.15, -0.1) is 0 Å². The lowest BCUT2D eigenvalue weighted by molar-refractivity contribution is -0.0861. The minimum absolute atomic E-state index is 0.198. The fourth-order valence-electron chi connectivity index (χ4n) is 5.32. The molecule has 0 radical (unpaired) electrons. The maximum atomic E-state index is 13.0. The molecule has 5 nitrogen and oxygen atoms in total. The van der Waals surface area contributed by atoms with Crippen molar-refractivity contribution in [3.8, 4) is 0 Å². The molecule has 0 spiro atoms. The van der Waals surface area contributed by atoms with Crippen LogP contribution in [0, 0.1) is 10.8 Å². The highest BCUT2D eigenvalue weighted by Gasteiger charge is 2.71. The second kappa shape index (κ2) is 13.2. The van der Waals surface area contributed by atoms with E-state index < -0.39 is 24.1 Å². The van der Waals surface area contributed by atoms with Crippen molar-refractivity contribution in [1.29, 1.82) is 0 Å². The summed E-state index contributed by atoms with van der Waals surface area (Å²) in [6, 6.07) is 0.